The topological polar surface area (TPSA) is 49.3 Å². The van der Waals surface area contributed by atoms with Gasteiger partial charge in [-0.15, -0.1) is 11.3 Å². The van der Waals surface area contributed by atoms with Crippen LogP contribution >= 0.6 is 22.9 Å². The number of hydrogen-bond acceptors (Lipinski definition) is 3. The van der Waals surface area contributed by atoms with E-state index in [-0.39, 0.29) is 6.03 Å². The van der Waals surface area contributed by atoms with Gasteiger partial charge in [-0.25, -0.2) is 4.79 Å². The lowest BCUT2D eigenvalue weighted by atomic mass is 10.0. The summed E-state index contributed by atoms with van der Waals surface area (Å²) < 4.78 is 2.13. The third-order valence-electron chi connectivity index (χ3n) is 4.97. The molecule has 0 aliphatic carbocycles. The van der Waals surface area contributed by atoms with Crippen LogP contribution in [0.2, 0.25) is 5.02 Å². The number of carbonyl (C=O) groups excluding carboxylic acids is 1. The number of nitrogens with one attached hydrogen (secondary N) is 2. The minimum Gasteiger partial charge on any atom is -0.334 e. The molecule has 0 atom stereocenters. The number of benzene rings is 1. The molecule has 28 heavy (non-hydrogen) atoms. The van der Waals surface area contributed by atoms with Crippen molar-refractivity contribution in [3.05, 3.63) is 69.3 Å². The highest BCUT2D eigenvalue weighted by molar-refractivity contribution is 7.14. The van der Waals surface area contributed by atoms with Crippen molar-refractivity contribution in [1.29, 1.82) is 0 Å². The van der Waals surface area contributed by atoms with Crippen LogP contribution in [0.1, 0.15) is 21.6 Å². The van der Waals surface area contributed by atoms with Crippen molar-refractivity contribution in [3.63, 3.8) is 0 Å². The summed E-state index contributed by atoms with van der Waals surface area (Å²) in [4.78, 5) is 16.2. The molecule has 0 unspecified atom stereocenters. The Hall–Kier alpha value is -2.28. The first-order valence-electron chi connectivity index (χ1n) is 9.27. The molecule has 0 radical (unpaired) electrons. The Labute approximate surface area is 173 Å². The van der Waals surface area contributed by atoms with Crippen molar-refractivity contribution >= 4 is 34.7 Å². The minimum absolute atomic E-state index is 0.253. The molecule has 2 amide bonds. The maximum atomic E-state index is 12.5. The molecule has 0 saturated heterocycles. The van der Waals surface area contributed by atoms with Crippen molar-refractivity contribution < 1.29 is 4.79 Å². The van der Waals surface area contributed by atoms with E-state index in [0.29, 0.717) is 17.3 Å². The van der Waals surface area contributed by atoms with Gasteiger partial charge in [-0.2, -0.15) is 0 Å². The molecule has 4 rings (SSSR count). The summed E-state index contributed by atoms with van der Waals surface area (Å²) in [6, 6.07) is 9.38. The SMILES string of the molecule is Cc1ccc(NC(=O)NCc2c(-n3cccc3)sc3c2CCN(C)C3)c(Cl)c1. The van der Waals surface area contributed by atoms with Crippen LogP contribution in [0.15, 0.2) is 42.7 Å². The molecule has 0 bridgehead atoms. The number of carbonyl (C=O) groups is 1. The van der Waals surface area contributed by atoms with E-state index in [1.54, 1.807) is 0 Å². The summed E-state index contributed by atoms with van der Waals surface area (Å²) in [5, 5.41) is 7.58. The Kier molecular flexibility index (Phi) is 5.44. The van der Waals surface area contributed by atoms with Crippen LogP contribution in [0.5, 0.6) is 0 Å². The molecule has 2 aromatic heterocycles. The van der Waals surface area contributed by atoms with E-state index >= 15 is 0 Å². The van der Waals surface area contributed by atoms with E-state index < -0.39 is 0 Å². The number of nitrogens with zero attached hydrogens (tertiary/aromatic N) is 2. The van der Waals surface area contributed by atoms with Crippen molar-refractivity contribution in [2.24, 2.45) is 0 Å². The van der Waals surface area contributed by atoms with Gasteiger partial charge in [0.05, 0.1) is 10.7 Å². The second-order valence-electron chi connectivity index (χ2n) is 7.16. The number of aromatic nitrogens is 1. The van der Waals surface area contributed by atoms with Crippen LogP contribution in [0.25, 0.3) is 5.00 Å². The maximum absolute atomic E-state index is 12.5. The fraction of sp³-hybridized carbons (Fsp3) is 0.286. The Morgan fingerprint density at radius 1 is 1.29 bits per heavy atom. The summed E-state index contributed by atoms with van der Waals surface area (Å²) in [5.74, 6) is 0. The fourth-order valence-corrected chi connectivity index (χ4v) is 5.19. The van der Waals surface area contributed by atoms with E-state index in [1.807, 2.05) is 48.6 Å². The molecule has 146 valence electrons. The number of amides is 2. The number of halogens is 1. The molecule has 1 aliphatic heterocycles. The lowest BCUT2D eigenvalue weighted by molar-refractivity contribution is 0.251. The first kappa shape index (κ1) is 19.1. The smallest absolute Gasteiger partial charge is 0.319 e. The van der Waals surface area contributed by atoms with Gasteiger partial charge in [-0.05, 0) is 55.8 Å². The first-order chi connectivity index (χ1) is 13.5. The predicted molar refractivity (Wildman–Crippen MR) is 116 cm³/mol. The van der Waals surface area contributed by atoms with Gasteiger partial charge < -0.3 is 20.1 Å². The average molecular weight is 415 g/mol. The number of anilines is 1. The summed E-state index contributed by atoms with van der Waals surface area (Å²) in [6.45, 7) is 4.44. The second-order valence-corrected chi connectivity index (χ2v) is 8.65. The number of aryl methyl sites for hydroxylation is 1. The van der Waals surface area contributed by atoms with Crippen molar-refractivity contribution in [1.82, 2.24) is 14.8 Å². The molecule has 1 aliphatic rings. The zero-order chi connectivity index (χ0) is 19.7. The van der Waals surface area contributed by atoms with Crippen LogP contribution in [0, 0.1) is 6.92 Å². The molecule has 7 heteroatoms. The second kappa shape index (κ2) is 7.99. The molecule has 0 spiro atoms. The van der Waals surface area contributed by atoms with Gasteiger partial charge in [-0.1, -0.05) is 17.7 Å². The van der Waals surface area contributed by atoms with E-state index in [0.717, 1.165) is 25.1 Å². The summed E-state index contributed by atoms with van der Waals surface area (Å²) >= 11 is 8.04. The number of hydrogen-bond donors (Lipinski definition) is 2. The molecule has 5 nitrogen and oxygen atoms in total. The van der Waals surface area contributed by atoms with Crippen LogP contribution in [-0.4, -0.2) is 29.1 Å². The first-order valence-corrected chi connectivity index (χ1v) is 10.5. The van der Waals surface area contributed by atoms with Crippen LogP contribution in [-0.2, 0) is 19.5 Å². The molecular weight excluding hydrogens is 392 g/mol. The van der Waals surface area contributed by atoms with E-state index in [9.17, 15) is 4.79 Å². The highest BCUT2D eigenvalue weighted by atomic mass is 35.5. The number of rotatable bonds is 4. The van der Waals surface area contributed by atoms with Crippen molar-refractivity contribution in [2.75, 3.05) is 18.9 Å². The van der Waals surface area contributed by atoms with Gasteiger partial charge >= 0.3 is 6.03 Å². The third-order valence-corrected chi connectivity index (χ3v) is 6.56. The van der Waals surface area contributed by atoms with E-state index in [4.69, 9.17) is 11.6 Å². The number of thiophene rings is 1. The molecule has 3 aromatic rings. The monoisotopic (exact) mass is 414 g/mol. The zero-order valence-corrected chi connectivity index (χ0v) is 17.5. The number of likely N-dealkylation sites (N-methyl/N-ethyl adjacent to an activating group) is 1. The highest BCUT2D eigenvalue weighted by Gasteiger charge is 2.23. The quantitative estimate of drug-likeness (QED) is 0.643. The molecule has 2 N–H and O–H groups in total. The Balaban J connectivity index is 1.53. The van der Waals surface area contributed by atoms with Gasteiger partial charge in [0.25, 0.3) is 0 Å². The van der Waals surface area contributed by atoms with Crippen LogP contribution in [0.3, 0.4) is 0 Å². The Morgan fingerprint density at radius 3 is 2.82 bits per heavy atom. The van der Waals surface area contributed by atoms with Crippen molar-refractivity contribution in [3.8, 4) is 5.00 Å². The summed E-state index contributed by atoms with van der Waals surface area (Å²) in [7, 11) is 2.15. The number of urea groups is 1. The van der Waals surface area contributed by atoms with Crippen molar-refractivity contribution in [2.45, 2.75) is 26.4 Å². The molecule has 0 saturated carbocycles. The lowest BCUT2D eigenvalue weighted by Crippen LogP contribution is -2.30. The Bertz CT molecular complexity index is 996. The van der Waals surface area contributed by atoms with Crippen LogP contribution in [0.4, 0.5) is 10.5 Å². The summed E-state index contributed by atoms with van der Waals surface area (Å²) in [6.07, 6.45) is 5.11. The average Bonchev–Trinajstić information content (AvgIpc) is 3.29. The van der Waals surface area contributed by atoms with Gasteiger partial charge in [0, 0.05) is 42.5 Å². The number of fused-ring (bicyclic) bond motifs is 1. The standard InChI is InChI=1S/C21H23ClN4OS/c1-14-5-6-18(17(22)11-14)24-21(27)23-12-16-15-7-10-25(2)13-19(15)28-20(16)26-8-3-4-9-26/h3-6,8-9,11H,7,10,12-13H2,1-2H3,(H2,23,24,27). The van der Waals surface area contributed by atoms with E-state index in [1.165, 1.54) is 21.0 Å². The van der Waals surface area contributed by atoms with Gasteiger partial charge in [0.15, 0.2) is 0 Å². The Morgan fingerprint density at radius 2 is 2.07 bits per heavy atom. The molecular formula is C21H23ClN4OS. The minimum atomic E-state index is -0.253. The van der Waals surface area contributed by atoms with E-state index in [2.05, 4.69) is 39.5 Å². The fourth-order valence-electron chi connectivity index (χ4n) is 3.50. The van der Waals surface area contributed by atoms with Gasteiger partial charge in [-0.3, -0.25) is 0 Å². The molecule has 3 heterocycles. The molecule has 0 fully saturated rings. The van der Waals surface area contributed by atoms with Gasteiger partial charge in [0.2, 0.25) is 0 Å². The molecule has 1 aromatic carbocycles. The predicted octanol–water partition coefficient (Wildman–Crippen LogP) is 4.81. The highest BCUT2D eigenvalue weighted by Crippen LogP contribution is 2.35. The lowest BCUT2D eigenvalue weighted by Gasteiger charge is -2.22. The summed E-state index contributed by atoms with van der Waals surface area (Å²) in [5.41, 5.74) is 4.25. The largest absolute Gasteiger partial charge is 0.334 e. The normalized spacial score (nSPS) is 14.0. The zero-order valence-electron chi connectivity index (χ0n) is 16.0. The maximum Gasteiger partial charge on any atom is 0.319 e. The third kappa shape index (κ3) is 3.94. The van der Waals surface area contributed by atoms with Gasteiger partial charge in [0.1, 0.15) is 5.00 Å². The van der Waals surface area contributed by atoms with Crippen LogP contribution < -0.4 is 10.6 Å².